The quantitative estimate of drug-likeness (QED) is 0.280. The summed E-state index contributed by atoms with van der Waals surface area (Å²) in [5, 5.41) is 7.29. The predicted octanol–water partition coefficient (Wildman–Crippen LogP) is 6.67. The summed E-state index contributed by atoms with van der Waals surface area (Å²) < 4.78 is 37.7. The number of nitrogens with zero attached hydrogens (tertiary/aromatic N) is 1. The Kier molecular flexibility index (Phi) is 6.03. The van der Waals surface area contributed by atoms with Gasteiger partial charge >= 0.3 is 6.61 Å². The van der Waals surface area contributed by atoms with E-state index >= 15 is 0 Å². The zero-order chi connectivity index (χ0) is 24.5. The van der Waals surface area contributed by atoms with Crippen molar-refractivity contribution in [1.29, 1.82) is 0 Å². The van der Waals surface area contributed by atoms with Gasteiger partial charge in [-0.15, -0.1) is 0 Å². The Labute approximate surface area is 208 Å². The van der Waals surface area contributed by atoms with E-state index in [0.717, 1.165) is 37.4 Å². The Morgan fingerprint density at radius 3 is 2.53 bits per heavy atom. The van der Waals surface area contributed by atoms with Gasteiger partial charge < -0.3 is 19.4 Å². The molecule has 0 saturated carbocycles. The smallest absolute Gasteiger partial charge is 0.387 e. The number of rotatable bonds is 7. The lowest BCUT2D eigenvalue weighted by molar-refractivity contribution is -0.0498. The first-order valence-corrected chi connectivity index (χ1v) is 12.1. The van der Waals surface area contributed by atoms with E-state index in [1.165, 1.54) is 50.6 Å². The molecule has 0 spiro atoms. The Morgan fingerprint density at radius 2 is 1.67 bits per heavy atom. The summed E-state index contributed by atoms with van der Waals surface area (Å²) in [6.07, 6.45) is 0.976. The molecule has 1 aliphatic heterocycles. The van der Waals surface area contributed by atoms with Crippen LogP contribution in [0.4, 0.5) is 8.78 Å². The molecule has 0 amide bonds. The number of fused-ring (bicyclic) bond motifs is 4. The number of benzene rings is 4. The fourth-order valence-electron chi connectivity index (χ4n) is 5.16. The average Bonchev–Trinajstić information content (AvgIpc) is 3.21. The maximum absolute atomic E-state index is 12.4. The summed E-state index contributed by atoms with van der Waals surface area (Å²) in [6.45, 7) is 0.132. The molecule has 0 atom stereocenters. The number of hydrogen-bond donors (Lipinski definition) is 1. The first-order valence-electron chi connectivity index (χ1n) is 12.1. The van der Waals surface area contributed by atoms with Crippen LogP contribution >= 0.6 is 0 Å². The van der Waals surface area contributed by atoms with Gasteiger partial charge in [0.1, 0.15) is 18.1 Å². The van der Waals surface area contributed by atoms with Crippen LogP contribution in [-0.2, 0) is 26.1 Å². The van der Waals surface area contributed by atoms with Crippen LogP contribution in [0, 0.1) is 0 Å². The molecule has 36 heavy (non-hydrogen) atoms. The van der Waals surface area contributed by atoms with Gasteiger partial charge in [0.2, 0.25) is 0 Å². The van der Waals surface area contributed by atoms with Gasteiger partial charge in [0.05, 0.1) is 0 Å². The van der Waals surface area contributed by atoms with Crippen molar-refractivity contribution in [2.24, 2.45) is 0 Å². The van der Waals surface area contributed by atoms with Gasteiger partial charge in [-0.25, -0.2) is 0 Å². The van der Waals surface area contributed by atoms with Gasteiger partial charge in [-0.05, 0) is 70.8 Å². The van der Waals surface area contributed by atoms with Crippen molar-refractivity contribution in [2.45, 2.75) is 32.7 Å². The SMILES string of the molecule is FC(F)Oc1ccc(COc2ccc3c(c2)c2c(n3Cc3cccc4ccccc34)CNCC2)cc1. The Bertz CT molecular complexity index is 1520. The van der Waals surface area contributed by atoms with E-state index in [9.17, 15) is 8.78 Å². The number of hydrogen-bond acceptors (Lipinski definition) is 3. The monoisotopic (exact) mass is 484 g/mol. The summed E-state index contributed by atoms with van der Waals surface area (Å²) in [4.78, 5) is 0. The van der Waals surface area contributed by atoms with Gasteiger partial charge in [0, 0.05) is 29.7 Å². The molecular weight excluding hydrogens is 458 g/mol. The zero-order valence-electron chi connectivity index (χ0n) is 19.7. The Balaban J connectivity index is 1.29. The van der Waals surface area contributed by atoms with Crippen molar-refractivity contribution < 1.29 is 18.3 Å². The Hall–Kier alpha value is -3.90. The molecule has 4 nitrogen and oxygen atoms in total. The lowest BCUT2D eigenvalue weighted by Crippen LogP contribution is -2.25. The molecule has 6 heteroatoms. The maximum atomic E-state index is 12.4. The fourth-order valence-corrected chi connectivity index (χ4v) is 5.16. The predicted molar refractivity (Wildman–Crippen MR) is 138 cm³/mol. The van der Waals surface area contributed by atoms with Crippen molar-refractivity contribution in [3.63, 3.8) is 0 Å². The molecule has 2 heterocycles. The van der Waals surface area contributed by atoms with E-state index in [1.54, 1.807) is 12.1 Å². The summed E-state index contributed by atoms with van der Waals surface area (Å²) in [6, 6.07) is 27.9. The van der Waals surface area contributed by atoms with Crippen LogP contribution in [0.2, 0.25) is 0 Å². The first kappa shape index (κ1) is 22.6. The molecule has 182 valence electrons. The second-order valence-corrected chi connectivity index (χ2v) is 9.07. The van der Waals surface area contributed by atoms with E-state index in [4.69, 9.17) is 4.74 Å². The van der Waals surface area contributed by atoms with Crippen molar-refractivity contribution in [3.8, 4) is 11.5 Å². The first-order chi connectivity index (χ1) is 17.7. The van der Waals surface area contributed by atoms with E-state index < -0.39 is 6.61 Å². The number of aromatic nitrogens is 1. The minimum atomic E-state index is -2.83. The van der Waals surface area contributed by atoms with Crippen LogP contribution in [0.15, 0.2) is 84.9 Å². The van der Waals surface area contributed by atoms with E-state index in [2.05, 4.69) is 69.2 Å². The molecule has 0 aliphatic carbocycles. The highest BCUT2D eigenvalue weighted by molar-refractivity contribution is 5.89. The molecule has 0 bridgehead atoms. The standard InChI is InChI=1S/C30H26F2N2O2/c31-30(32)36-23-10-8-20(9-11-23)19-35-24-12-13-28-27(16-24)26-14-15-33-17-29(26)34(28)18-22-6-3-5-21-4-1-2-7-25(21)22/h1-13,16,30,33H,14-15,17-19H2. The second kappa shape index (κ2) is 9.63. The highest BCUT2D eigenvalue weighted by Crippen LogP contribution is 2.33. The topological polar surface area (TPSA) is 35.4 Å². The fraction of sp³-hybridized carbons (Fsp3) is 0.200. The van der Waals surface area contributed by atoms with E-state index in [0.29, 0.717) is 6.61 Å². The highest BCUT2D eigenvalue weighted by Gasteiger charge is 2.21. The minimum Gasteiger partial charge on any atom is -0.489 e. The molecule has 0 unspecified atom stereocenters. The number of alkyl halides is 2. The van der Waals surface area contributed by atoms with Crippen molar-refractivity contribution >= 4 is 21.7 Å². The lowest BCUT2D eigenvalue weighted by atomic mass is 10.0. The van der Waals surface area contributed by atoms with E-state index in [1.807, 2.05) is 6.07 Å². The molecule has 4 aromatic carbocycles. The van der Waals surface area contributed by atoms with Crippen molar-refractivity contribution in [2.75, 3.05) is 6.54 Å². The van der Waals surface area contributed by atoms with Gasteiger partial charge in [-0.1, -0.05) is 54.6 Å². The van der Waals surface area contributed by atoms with Crippen LogP contribution in [0.5, 0.6) is 11.5 Å². The highest BCUT2D eigenvalue weighted by atomic mass is 19.3. The van der Waals surface area contributed by atoms with E-state index in [-0.39, 0.29) is 5.75 Å². The number of halogens is 2. The third-order valence-electron chi connectivity index (χ3n) is 6.86. The summed E-state index contributed by atoms with van der Waals surface area (Å²) in [5.74, 6) is 0.932. The number of nitrogens with one attached hydrogen (secondary N) is 1. The van der Waals surface area contributed by atoms with Crippen LogP contribution in [0.25, 0.3) is 21.7 Å². The van der Waals surface area contributed by atoms with Crippen molar-refractivity contribution in [1.82, 2.24) is 9.88 Å². The molecule has 5 aromatic rings. The minimum absolute atomic E-state index is 0.142. The summed E-state index contributed by atoms with van der Waals surface area (Å²) in [7, 11) is 0. The molecule has 1 N–H and O–H groups in total. The van der Waals surface area contributed by atoms with Crippen LogP contribution in [-0.4, -0.2) is 17.7 Å². The van der Waals surface area contributed by atoms with Gasteiger partial charge in [0.15, 0.2) is 0 Å². The molecular formula is C30H26F2N2O2. The number of ether oxygens (including phenoxy) is 2. The molecule has 1 aromatic heterocycles. The molecule has 0 saturated heterocycles. The van der Waals surface area contributed by atoms with Gasteiger partial charge in [-0.2, -0.15) is 8.78 Å². The molecule has 0 fully saturated rings. The molecule has 0 radical (unpaired) electrons. The summed E-state index contributed by atoms with van der Waals surface area (Å²) in [5.41, 5.74) is 6.10. The largest absolute Gasteiger partial charge is 0.489 e. The zero-order valence-corrected chi connectivity index (χ0v) is 19.7. The normalized spacial score (nSPS) is 13.3. The lowest BCUT2D eigenvalue weighted by Gasteiger charge is -2.18. The van der Waals surface area contributed by atoms with Gasteiger partial charge in [0.25, 0.3) is 0 Å². The Morgan fingerprint density at radius 1 is 0.861 bits per heavy atom. The van der Waals surface area contributed by atoms with Gasteiger partial charge in [-0.3, -0.25) is 0 Å². The maximum Gasteiger partial charge on any atom is 0.387 e. The summed E-state index contributed by atoms with van der Waals surface area (Å²) >= 11 is 0. The van der Waals surface area contributed by atoms with Crippen LogP contribution in [0.3, 0.4) is 0 Å². The molecule has 1 aliphatic rings. The second-order valence-electron chi connectivity index (χ2n) is 9.07. The van der Waals surface area contributed by atoms with Crippen LogP contribution in [0.1, 0.15) is 22.4 Å². The third-order valence-corrected chi connectivity index (χ3v) is 6.86. The third kappa shape index (κ3) is 4.40. The van der Waals surface area contributed by atoms with Crippen LogP contribution < -0.4 is 14.8 Å². The van der Waals surface area contributed by atoms with Crippen molar-refractivity contribution in [3.05, 3.63) is 107 Å². The average molecular weight is 485 g/mol. The molecule has 6 rings (SSSR count).